The van der Waals surface area contributed by atoms with Crippen LogP contribution in [0.1, 0.15) is 54.8 Å². The van der Waals surface area contributed by atoms with Crippen molar-refractivity contribution in [3.8, 4) is 0 Å². The molecule has 10 heteroatoms. The summed E-state index contributed by atoms with van der Waals surface area (Å²) in [6.45, 7) is 2.02. The average Bonchev–Trinajstić information content (AvgIpc) is 3.37. The van der Waals surface area contributed by atoms with Crippen LogP contribution in [0.15, 0.2) is 36.8 Å². The van der Waals surface area contributed by atoms with E-state index in [1.54, 1.807) is 6.20 Å². The number of hydrogen-bond acceptors (Lipinski definition) is 6. The lowest BCUT2D eigenvalue weighted by atomic mass is 10.1. The van der Waals surface area contributed by atoms with E-state index in [4.69, 9.17) is 0 Å². The largest absolute Gasteiger partial charge is 0.480 e. The highest BCUT2D eigenvalue weighted by atomic mass is 32.2. The fourth-order valence-corrected chi connectivity index (χ4v) is 5.07. The molecule has 2 amide bonds. The van der Waals surface area contributed by atoms with Crippen LogP contribution < -0.4 is 10.3 Å². The lowest BCUT2D eigenvalue weighted by Gasteiger charge is -2.29. The van der Waals surface area contributed by atoms with Gasteiger partial charge in [0.2, 0.25) is 5.91 Å². The highest BCUT2D eigenvalue weighted by Gasteiger charge is 2.31. The van der Waals surface area contributed by atoms with Crippen molar-refractivity contribution in [2.24, 2.45) is 0 Å². The number of aliphatic carboxylic acids is 1. The Kier molecular flexibility index (Phi) is 9.03. The number of carbonyl (C=O) groups is 3. The SMILES string of the molecule is CSCC[C@@H](C(=O)O)N(C(=O)CNCc1cccc(C2CC2)c1)n1cnc(CC(=O)N2CCCC2)c1. The van der Waals surface area contributed by atoms with Gasteiger partial charge in [0.25, 0.3) is 5.91 Å². The summed E-state index contributed by atoms with van der Waals surface area (Å²) in [5, 5.41) is 14.4. The summed E-state index contributed by atoms with van der Waals surface area (Å²) in [5.74, 6) is -0.183. The molecule has 36 heavy (non-hydrogen) atoms. The van der Waals surface area contributed by atoms with Gasteiger partial charge >= 0.3 is 5.97 Å². The Morgan fingerprint density at radius 1 is 1.25 bits per heavy atom. The summed E-state index contributed by atoms with van der Waals surface area (Å²) in [6, 6.07) is 7.34. The predicted octanol–water partition coefficient (Wildman–Crippen LogP) is 2.39. The minimum atomic E-state index is -1.07. The molecular formula is C26H35N5O4S. The summed E-state index contributed by atoms with van der Waals surface area (Å²) < 4.78 is 1.43. The van der Waals surface area contributed by atoms with Crippen LogP contribution in [0.25, 0.3) is 0 Å². The Labute approximate surface area is 216 Å². The average molecular weight is 514 g/mol. The first kappa shape index (κ1) is 26.2. The van der Waals surface area contributed by atoms with Crippen LogP contribution in [0.5, 0.6) is 0 Å². The molecule has 2 N–H and O–H groups in total. The van der Waals surface area contributed by atoms with Crippen molar-refractivity contribution in [2.75, 3.05) is 36.7 Å². The van der Waals surface area contributed by atoms with Crippen LogP contribution in [0.2, 0.25) is 0 Å². The topological polar surface area (TPSA) is 108 Å². The van der Waals surface area contributed by atoms with Crippen LogP contribution in [0, 0.1) is 0 Å². The second-order valence-corrected chi connectivity index (χ2v) is 10.5. The van der Waals surface area contributed by atoms with Gasteiger partial charge in [-0.2, -0.15) is 11.8 Å². The number of thioether (sulfide) groups is 1. The van der Waals surface area contributed by atoms with Gasteiger partial charge in [-0.3, -0.25) is 9.59 Å². The minimum Gasteiger partial charge on any atom is -0.480 e. The van der Waals surface area contributed by atoms with Crippen molar-refractivity contribution in [3.05, 3.63) is 53.6 Å². The van der Waals surface area contributed by atoms with E-state index in [1.165, 1.54) is 46.2 Å². The van der Waals surface area contributed by atoms with E-state index >= 15 is 0 Å². The highest BCUT2D eigenvalue weighted by molar-refractivity contribution is 7.98. The number of benzene rings is 1. The number of aromatic nitrogens is 2. The third-order valence-electron chi connectivity index (χ3n) is 6.70. The molecule has 4 rings (SSSR count). The zero-order valence-corrected chi connectivity index (χ0v) is 21.6. The van der Waals surface area contributed by atoms with Crippen molar-refractivity contribution < 1.29 is 19.5 Å². The number of nitrogens with one attached hydrogen (secondary N) is 1. The molecule has 0 unspecified atom stereocenters. The van der Waals surface area contributed by atoms with Crippen LogP contribution in [0.4, 0.5) is 0 Å². The first-order valence-electron chi connectivity index (χ1n) is 12.6. The molecule has 0 spiro atoms. The molecule has 1 saturated heterocycles. The van der Waals surface area contributed by atoms with E-state index in [9.17, 15) is 19.5 Å². The fraction of sp³-hybridized carbons (Fsp3) is 0.538. The van der Waals surface area contributed by atoms with Crippen molar-refractivity contribution in [2.45, 2.75) is 57.0 Å². The molecule has 0 bridgehead atoms. The number of likely N-dealkylation sites (tertiary alicyclic amines) is 1. The number of rotatable bonds is 13. The maximum Gasteiger partial charge on any atom is 0.328 e. The molecule has 2 aromatic rings. The Morgan fingerprint density at radius 3 is 2.72 bits per heavy atom. The monoisotopic (exact) mass is 513 g/mol. The number of nitrogens with zero attached hydrogens (tertiary/aromatic N) is 4. The van der Waals surface area contributed by atoms with Crippen LogP contribution in [-0.4, -0.2) is 75.1 Å². The van der Waals surface area contributed by atoms with Crippen LogP contribution in [0.3, 0.4) is 0 Å². The molecular weight excluding hydrogens is 478 g/mol. The van der Waals surface area contributed by atoms with Crippen molar-refractivity contribution in [1.82, 2.24) is 19.9 Å². The maximum absolute atomic E-state index is 13.3. The molecule has 1 aliphatic heterocycles. The molecule has 1 aromatic carbocycles. The first-order chi connectivity index (χ1) is 17.5. The number of hydrogen-bond donors (Lipinski definition) is 2. The van der Waals surface area contributed by atoms with Gasteiger partial charge < -0.3 is 15.3 Å². The van der Waals surface area contributed by atoms with Crippen LogP contribution in [-0.2, 0) is 27.3 Å². The van der Waals surface area contributed by atoms with E-state index in [2.05, 4.69) is 22.4 Å². The lowest BCUT2D eigenvalue weighted by Crippen LogP contribution is -2.54. The van der Waals surface area contributed by atoms with Gasteiger partial charge in [-0.15, -0.1) is 0 Å². The van der Waals surface area contributed by atoms with Gasteiger partial charge in [-0.1, -0.05) is 24.3 Å². The van der Waals surface area contributed by atoms with Crippen molar-refractivity contribution in [3.63, 3.8) is 0 Å². The molecule has 2 heterocycles. The molecule has 1 atom stereocenters. The van der Waals surface area contributed by atoms with Crippen molar-refractivity contribution >= 4 is 29.5 Å². The molecule has 194 valence electrons. The lowest BCUT2D eigenvalue weighted by molar-refractivity contribution is -0.141. The summed E-state index contributed by atoms with van der Waals surface area (Å²) in [6.07, 6.45) is 9.84. The first-order valence-corrected chi connectivity index (χ1v) is 14.0. The van der Waals surface area contributed by atoms with E-state index in [0.717, 1.165) is 31.5 Å². The number of carboxylic acid groups (broad SMARTS) is 1. The number of amides is 2. The third-order valence-corrected chi connectivity index (χ3v) is 7.34. The molecule has 2 aliphatic rings. The van der Waals surface area contributed by atoms with E-state index < -0.39 is 12.0 Å². The van der Waals surface area contributed by atoms with Crippen molar-refractivity contribution in [1.29, 1.82) is 0 Å². The van der Waals surface area contributed by atoms with E-state index in [0.29, 0.717) is 30.3 Å². The van der Waals surface area contributed by atoms with E-state index in [-0.39, 0.29) is 24.8 Å². The second-order valence-electron chi connectivity index (χ2n) is 9.51. The second kappa shape index (κ2) is 12.4. The van der Waals surface area contributed by atoms with Gasteiger partial charge in [0.05, 0.1) is 24.9 Å². The molecule has 9 nitrogen and oxygen atoms in total. The van der Waals surface area contributed by atoms with E-state index in [1.807, 2.05) is 23.3 Å². The molecule has 1 aliphatic carbocycles. The Hall–Kier alpha value is -2.85. The Bertz CT molecular complexity index is 1060. The highest BCUT2D eigenvalue weighted by Crippen LogP contribution is 2.40. The number of carbonyl (C=O) groups excluding carboxylic acids is 2. The Morgan fingerprint density at radius 2 is 2.03 bits per heavy atom. The summed E-state index contributed by atoms with van der Waals surface area (Å²) in [4.78, 5) is 44.2. The predicted molar refractivity (Wildman–Crippen MR) is 140 cm³/mol. The quantitative estimate of drug-likeness (QED) is 0.423. The molecule has 0 radical (unpaired) electrons. The van der Waals surface area contributed by atoms with Gasteiger partial charge in [-0.25, -0.2) is 19.5 Å². The molecule has 2 fully saturated rings. The molecule has 1 saturated carbocycles. The standard InChI is InChI=1S/C26H35N5O4S/c1-36-12-9-23(26(34)35)31(30-17-22(28-18-30)14-24(32)29-10-2-3-11-29)25(33)16-27-15-19-5-4-6-21(13-19)20-7-8-20/h4-6,13,17-18,20,23,27H,2-3,7-12,14-16H2,1H3,(H,34,35)/t23-/m0/s1. The Balaban J connectivity index is 1.44. The fourth-order valence-electron chi connectivity index (χ4n) is 4.61. The zero-order valence-electron chi connectivity index (χ0n) is 20.8. The maximum atomic E-state index is 13.3. The summed E-state index contributed by atoms with van der Waals surface area (Å²) >= 11 is 1.53. The number of carboxylic acids is 1. The van der Waals surface area contributed by atoms with Gasteiger partial charge in [0.15, 0.2) is 6.04 Å². The van der Waals surface area contributed by atoms with Gasteiger partial charge in [0, 0.05) is 19.6 Å². The third kappa shape index (κ3) is 6.88. The van der Waals surface area contributed by atoms with Gasteiger partial charge in [0.1, 0.15) is 6.33 Å². The van der Waals surface area contributed by atoms with Crippen LogP contribution >= 0.6 is 11.8 Å². The summed E-state index contributed by atoms with van der Waals surface area (Å²) in [7, 11) is 0. The van der Waals surface area contributed by atoms with Gasteiger partial charge in [-0.05, 0) is 61.2 Å². The zero-order chi connectivity index (χ0) is 25.5. The normalized spacial score (nSPS) is 16.2. The minimum absolute atomic E-state index is 0.00267. The summed E-state index contributed by atoms with van der Waals surface area (Å²) in [5.41, 5.74) is 2.95. The molecule has 1 aromatic heterocycles. The number of imidazole rings is 1. The smallest absolute Gasteiger partial charge is 0.328 e.